The second kappa shape index (κ2) is 7.07. The Morgan fingerprint density at radius 3 is 2.53 bits per heavy atom. The Kier molecular flexibility index (Phi) is 6.31. The van der Waals surface area contributed by atoms with E-state index in [0.29, 0.717) is 0 Å². The van der Waals surface area contributed by atoms with E-state index in [4.69, 9.17) is 0 Å². The van der Waals surface area contributed by atoms with Gasteiger partial charge < -0.3 is 24.8 Å². The van der Waals surface area contributed by atoms with Gasteiger partial charge in [-0.15, -0.1) is 0 Å². The van der Waals surface area contributed by atoms with E-state index in [2.05, 4.69) is 56.4 Å². The Morgan fingerprint density at radius 1 is 1.11 bits per heavy atom. The Bertz CT molecular complexity index is 556. The third-order valence-electron chi connectivity index (χ3n) is 3.60. The molecule has 1 unspecified atom stereocenters. The van der Waals surface area contributed by atoms with Crippen molar-refractivity contribution in [2.45, 2.75) is 23.9 Å². The molecule has 0 N–H and O–H groups in total. The van der Waals surface area contributed by atoms with Crippen molar-refractivity contribution in [3.63, 3.8) is 0 Å². The van der Waals surface area contributed by atoms with Gasteiger partial charge in [0.05, 0.1) is 0 Å². The van der Waals surface area contributed by atoms with Crippen molar-refractivity contribution in [3.05, 3.63) is 62.0 Å². The van der Waals surface area contributed by atoms with E-state index in [1.165, 1.54) is 23.1 Å². The van der Waals surface area contributed by atoms with Crippen LogP contribution in [0.3, 0.4) is 0 Å². The topological polar surface area (TPSA) is 0 Å². The molecule has 0 saturated heterocycles. The van der Waals surface area contributed by atoms with Gasteiger partial charge in [-0.05, 0) is 0 Å². The van der Waals surface area contributed by atoms with Gasteiger partial charge in [0.15, 0.2) is 0 Å². The molecule has 1 aromatic rings. The zero-order chi connectivity index (χ0) is 11.8. The van der Waals surface area contributed by atoms with Gasteiger partial charge in [0, 0.05) is 0 Å². The maximum absolute atomic E-state index is 2.45. The third-order valence-corrected chi connectivity index (χ3v) is 7.37. The van der Waals surface area contributed by atoms with Crippen LogP contribution in [0.1, 0.15) is 32.3 Å². The molecule has 2 aliphatic rings. The summed E-state index contributed by atoms with van der Waals surface area (Å²) in [5.74, 6) is 0. The molecule has 0 saturated carbocycles. The summed E-state index contributed by atoms with van der Waals surface area (Å²) in [5, 5.41) is 0. The molecule has 0 bridgehead atoms. The van der Waals surface area contributed by atoms with Crippen molar-refractivity contribution in [2.75, 3.05) is 0 Å². The van der Waals surface area contributed by atoms with Crippen molar-refractivity contribution in [1.29, 1.82) is 0 Å². The normalized spacial score (nSPS) is 18.2. The molecule has 0 aromatic heterocycles. The second-order valence-electron chi connectivity index (χ2n) is 4.83. The maximum Gasteiger partial charge on any atom is -1.00 e. The molecule has 0 aliphatic heterocycles. The zero-order valence-corrected chi connectivity index (χ0v) is 15.1. The van der Waals surface area contributed by atoms with Gasteiger partial charge in [0.2, 0.25) is 0 Å². The SMILES string of the molecule is Cc1ccc(C)c2c1C=C[CH]2[Zr+2][C]1=CC=CC1.[Cl-].[Cl-]. The number of hydrogen-bond acceptors (Lipinski definition) is 0. The predicted molar refractivity (Wildman–Crippen MR) is 69.5 cm³/mol. The molecule has 3 heteroatoms. The minimum atomic E-state index is -0.473. The Labute approximate surface area is 139 Å². The summed E-state index contributed by atoms with van der Waals surface area (Å²) in [5.41, 5.74) is 6.04. The van der Waals surface area contributed by atoms with Crippen molar-refractivity contribution in [1.82, 2.24) is 0 Å². The minimum Gasteiger partial charge on any atom is -1.00 e. The molecular weight excluding hydrogens is 354 g/mol. The van der Waals surface area contributed by atoms with E-state index in [-0.39, 0.29) is 24.8 Å². The molecule has 0 amide bonds. The van der Waals surface area contributed by atoms with Gasteiger partial charge >= 0.3 is 115 Å². The van der Waals surface area contributed by atoms with Crippen LogP contribution in [0.25, 0.3) is 6.08 Å². The number of hydrogen-bond donors (Lipinski definition) is 0. The maximum atomic E-state index is 2.45. The molecule has 1 aromatic carbocycles. The van der Waals surface area contributed by atoms with E-state index in [0.717, 1.165) is 3.63 Å². The summed E-state index contributed by atoms with van der Waals surface area (Å²) in [7, 11) is 0. The van der Waals surface area contributed by atoms with E-state index in [1.807, 2.05) is 0 Å². The van der Waals surface area contributed by atoms with Crippen LogP contribution in [0.5, 0.6) is 0 Å². The zero-order valence-electron chi connectivity index (χ0n) is 11.1. The summed E-state index contributed by atoms with van der Waals surface area (Å²) < 4.78 is 2.50. The largest absolute Gasteiger partial charge is 1.00 e. The fraction of sp³-hybridized carbons (Fsp3) is 0.250. The van der Waals surface area contributed by atoms with Crippen LogP contribution in [0, 0.1) is 13.8 Å². The van der Waals surface area contributed by atoms with Gasteiger partial charge in [-0.3, -0.25) is 0 Å². The molecule has 0 nitrogen and oxygen atoms in total. The smallest absolute Gasteiger partial charge is 1.00 e. The van der Waals surface area contributed by atoms with Gasteiger partial charge in [0.1, 0.15) is 0 Å². The molecular formula is C16H16Cl2Zr. The summed E-state index contributed by atoms with van der Waals surface area (Å²) in [6.07, 6.45) is 12.9. The third kappa shape index (κ3) is 3.32. The van der Waals surface area contributed by atoms with Crippen LogP contribution in [-0.4, -0.2) is 0 Å². The average Bonchev–Trinajstić information content (AvgIpc) is 2.94. The fourth-order valence-corrected chi connectivity index (χ4v) is 6.46. The van der Waals surface area contributed by atoms with Crippen molar-refractivity contribution in [3.8, 4) is 0 Å². The van der Waals surface area contributed by atoms with Crippen LogP contribution >= 0.6 is 0 Å². The van der Waals surface area contributed by atoms with E-state index < -0.39 is 23.2 Å². The Balaban J connectivity index is 0.000000902. The molecule has 1 atom stereocenters. The van der Waals surface area contributed by atoms with E-state index in [1.54, 1.807) is 8.84 Å². The summed E-state index contributed by atoms with van der Waals surface area (Å²) in [4.78, 5) is 0. The summed E-state index contributed by atoms with van der Waals surface area (Å²) in [6.45, 7) is 4.49. The van der Waals surface area contributed by atoms with Crippen molar-refractivity contribution >= 4 is 6.08 Å². The molecule has 0 heterocycles. The van der Waals surface area contributed by atoms with Crippen LogP contribution in [0.2, 0.25) is 0 Å². The number of fused-ring (bicyclic) bond motifs is 1. The summed E-state index contributed by atoms with van der Waals surface area (Å²) in [6, 6.07) is 4.54. The van der Waals surface area contributed by atoms with Crippen molar-refractivity contribution < 1.29 is 48.0 Å². The minimum absolute atomic E-state index is 0. The Morgan fingerprint density at radius 2 is 1.84 bits per heavy atom. The number of aryl methyl sites for hydroxylation is 2. The molecule has 98 valence electrons. The van der Waals surface area contributed by atoms with Crippen LogP contribution in [-0.2, 0) is 23.2 Å². The standard InChI is InChI=1S/C11H11.C5H5.2ClH.Zr/c1-8-6-7-9(2)11-5-3-4-10(8)11;1-2-4-5-3-1;;;/h3-7H,1-2H3;1-3H,4H2;2*1H;/q;;;;+2/p-2. The van der Waals surface area contributed by atoms with Gasteiger partial charge in [-0.1, -0.05) is 0 Å². The first-order valence-electron chi connectivity index (χ1n) is 6.16. The van der Waals surface area contributed by atoms with Crippen LogP contribution in [0.15, 0.2) is 39.7 Å². The molecule has 19 heavy (non-hydrogen) atoms. The monoisotopic (exact) mass is 368 g/mol. The van der Waals surface area contributed by atoms with Gasteiger partial charge in [0.25, 0.3) is 0 Å². The Hall–Kier alpha value is -0.0969. The van der Waals surface area contributed by atoms with E-state index in [9.17, 15) is 0 Å². The molecule has 2 aliphatic carbocycles. The number of allylic oxidation sites excluding steroid dienone is 5. The summed E-state index contributed by atoms with van der Waals surface area (Å²) >= 11 is -0.473. The molecule has 0 radical (unpaired) electrons. The van der Waals surface area contributed by atoms with Crippen LogP contribution in [0.4, 0.5) is 0 Å². The predicted octanol–water partition coefficient (Wildman–Crippen LogP) is -1.69. The molecule has 3 rings (SSSR count). The number of rotatable bonds is 2. The number of benzene rings is 1. The van der Waals surface area contributed by atoms with Crippen LogP contribution < -0.4 is 24.8 Å². The first kappa shape index (κ1) is 17.0. The number of halogens is 2. The van der Waals surface area contributed by atoms with Gasteiger partial charge in [-0.2, -0.15) is 0 Å². The first-order valence-corrected chi connectivity index (χ1v) is 8.81. The fourth-order valence-electron chi connectivity index (χ4n) is 2.65. The molecule has 0 spiro atoms. The molecule has 0 fully saturated rings. The van der Waals surface area contributed by atoms with E-state index >= 15 is 0 Å². The first-order chi connectivity index (χ1) is 8.25. The average molecular weight is 370 g/mol. The van der Waals surface area contributed by atoms with Crippen molar-refractivity contribution in [2.24, 2.45) is 0 Å². The van der Waals surface area contributed by atoms with Gasteiger partial charge in [-0.25, -0.2) is 0 Å². The quantitative estimate of drug-likeness (QED) is 0.583. The second-order valence-corrected chi connectivity index (χ2v) is 8.65.